The van der Waals surface area contributed by atoms with Crippen molar-refractivity contribution in [3.05, 3.63) is 69.7 Å². The number of aryl methyl sites for hydroxylation is 1. The van der Waals surface area contributed by atoms with Crippen molar-refractivity contribution in [2.24, 2.45) is 0 Å². The third-order valence-corrected chi connectivity index (χ3v) is 6.06. The molecular formula is C25H22ClN5O4. The molecule has 10 heteroatoms. The van der Waals surface area contributed by atoms with Gasteiger partial charge in [0.1, 0.15) is 5.52 Å². The monoisotopic (exact) mass is 491 g/mol. The second kappa shape index (κ2) is 8.92. The average Bonchev–Trinajstić information content (AvgIpc) is 3.27. The van der Waals surface area contributed by atoms with Crippen molar-refractivity contribution < 1.29 is 14.2 Å². The van der Waals surface area contributed by atoms with Gasteiger partial charge in [-0.1, -0.05) is 30.7 Å². The lowest BCUT2D eigenvalue weighted by Crippen LogP contribution is -2.20. The molecule has 5 aromatic rings. The normalized spacial score (nSPS) is 11.2. The maximum absolute atomic E-state index is 13.5. The number of fused-ring (bicyclic) bond motifs is 3. The van der Waals surface area contributed by atoms with Crippen LogP contribution < -0.4 is 19.8 Å². The van der Waals surface area contributed by atoms with Gasteiger partial charge in [-0.2, -0.15) is 5.10 Å². The maximum Gasteiger partial charge on any atom is 0.285 e. The molecule has 0 aliphatic rings. The Labute approximate surface area is 205 Å². The highest BCUT2D eigenvalue weighted by atomic mass is 35.5. The zero-order valence-corrected chi connectivity index (χ0v) is 20.3. The van der Waals surface area contributed by atoms with E-state index in [1.54, 1.807) is 28.9 Å². The Hall–Kier alpha value is -4.11. The van der Waals surface area contributed by atoms with E-state index in [1.165, 1.54) is 25.9 Å². The maximum atomic E-state index is 13.5. The first-order valence-corrected chi connectivity index (χ1v) is 11.2. The molecule has 0 bridgehead atoms. The fourth-order valence-electron chi connectivity index (χ4n) is 4.19. The lowest BCUT2D eigenvalue weighted by atomic mass is 10.0. The summed E-state index contributed by atoms with van der Waals surface area (Å²) in [5, 5.41) is 14.1. The SMILES string of the molecule is CCc1nn2c(nnc3c(=O)n(-c4cc(OC)c(OC)c(OC)c4)ccc32)c1-c1cccc(Cl)c1. The Balaban J connectivity index is 1.74. The van der Waals surface area contributed by atoms with E-state index in [4.69, 9.17) is 30.9 Å². The molecule has 0 atom stereocenters. The average molecular weight is 492 g/mol. The van der Waals surface area contributed by atoms with Crippen LogP contribution >= 0.6 is 11.6 Å². The van der Waals surface area contributed by atoms with Crippen molar-refractivity contribution in [1.29, 1.82) is 0 Å². The molecular weight excluding hydrogens is 470 g/mol. The summed E-state index contributed by atoms with van der Waals surface area (Å²) >= 11 is 6.23. The summed E-state index contributed by atoms with van der Waals surface area (Å²) in [6, 6.07) is 12.7. The first-order chi connectivity index (χ1) is 17.0. The Bertz CT molecular complexity index is 1620. The van der Waals surface area contributed by atoms with E-state index in [1.807, 2.05) is 31.2 Å². The van der Waals surface area contributed by atoms with Gasteiger partial charge in [-0.25, -0.2) is 4.52 Å². The van der Waals surface area contributed by atoms with Gasteiger partial charge in [-0.05, 0) is 30.2 Å². The van der Waals surface area contributed by atoms with Crippen molar-refractivity contribution in [2.75, 3.05) is 21.3 Å². The lowest BCUT2D eigenvalue weighted by molar-refractivity contribution is 0.324. The molecule has 35 heavy (non-hydrogen) atoms. The van der Waals surface area contributed by atoms with Crippen LogP contribution in [-0.4, -0.2) is 45.7 Å². The zero-order chi connectivity index (χ0) is 24.7. The van der Waals surface area contributed by atoms with Crippen molar-refractivity contribution in [1.82, 2.24) is 24.4 Å². The van der Waals surface area contributed by atoms with Crippen LogP contribution in [0.1, 0.15) is 12.6 Å². The van der Waals surface area contributed by atoms with Crippen LogP contribution in [0.2, 0.25) is 5.02 Å². The fraction of sp³-hybridized carbons (Fsp3) is 0.200. The van der Waals surface area contributed by atoms with Crippen LogP contribution in [0.5, 0.6) is 17.2 Å². The first kappa shape index (κ1) is 22.7. The zero-order valence-electron chi connectivity index (χ0n) is 19.6. The van der Waals surface area contributed by atoms with E-state index in [-0.39, 0.29) is 11.1 Å². The van der Waals surface area contributed by atoms with Crippen LogP contribution in [0, 0.1) is 0 Å². The third-order valence-electron chi connectivity index (χ3n) is 5.83. The minimum absolute atomic E-state index is 0.177. The van der Waals surface area contributed by atoms with Crippen LogP contribution in [0.15, 0.2) is 53.5 Å². The minimum Gasteiger partial charge on any atom is -0.493 e. The fourth-order valence-corrected chi connectivity index (χ4v) is 4.38. The van der Waals surface area contributed by atoms with Gasteiger partial charge in [0.25, 0.3) is 5.56 Å². The van der Waals surface area contributed by atoms with Gasteiger partial charge in [0, 0.05) is 23.4 Å². The molecule has 5 rings (SSSR count). The standard InChI is InChI=1S/C25H22ClN5O4/c1-5-17-21(14-7-6-8-15(26)11-14)24-28-27-22-18(31(24)29-17)9-10-30(25(22)32)16-12-19(33-2)23(35-4)20(13-16)34-3/h6-13H,5H2,1-4H3. The largest absolute Gasteiger partial charge is 0.493 e. The molecule has 0 fully saturated rings. The number of nitrogens with zero attached hydrogens (tertiary/aromatic N) is 5. The number of hydrogen-bond donors (Lipinski definition) is 0. The van der Waals surface area contributed by atoms with E-state index in [2.05, 4.69) is 10.2 Å². The van der Waals surface area contributed by atoms with Gasteiger partial charge in [0.15, 0.2) is 22.7 Å². The number of methoxy groups -OCH3 is 3. The summed E-state index contributed by atoms with van der Waals surface area (Å²) in [6.45, 7) is 2.02. The number of hydrogen-bond acceptors (Lipinski definition) is 7. The van der Waals surface area contributed by atoms with Gasteiger partial charge < -0.3 is 14.2 Å². The molecule has 3 aromatic heterocycles. The van der Waals surface area contributed by atoms with Gasteiger partial charge in [-0.15, -0.1) is 10.2 Å². The van der Waals surface area contributed by atoms with Crippen molar-refractivity contribution in [3.8, 4) is 34.1 Å². The Morgan fingerprint density at radius 1 is 0.971 bits per heavy atom. The molecule has 178 valence electrons. The summed E-state index contributed by atoms with van der Waals surface area (Å²) in [4.78, 5) is 13.5. The molecule has 0 unspecified atom stereocenters. The summed E-state index contributed by atoms with van der Waals surface area (Å²) in [5.74, 6) is 1.30. The molecule has 0 aliphatic carbocycles. The smallest absolute Gasteiger partial charge is 0.285 e. The minimum atomic E-state index is -0.357. The molecule has 0 amide bonds. The first-order valence-electron chi connectivity index (χ1n) is 10.9. The molecule has 0 N–H and O–H groups in total. The van der Waals surface area contributed by atoms with E-state index < -0.39 is 0 Å². The number of benzene rings is 2. The van der Waals surface area contributed by atoms with Crippen molar-refractivity contribution >= 4 is 28.3 Å². The van der Waals surface area contributed by atoms with E-state index >= 15 is 0 Å². The molecule has 0 radical (unpaired) electrons. The number of rotatable bonds is 6. The molecule has 9 nitrogen and oxygen atoms in total. The molecule has 0 saturated heterocycles. The second-order valence-corrected chi connectivity index (χ2v) is 8.17. The molecule has 0 spiro atoms. The van der Waals surface area contributed by atoms with E-state index in [0.29, 0.717) is 45.5 Å². The van der Waals surface area contributed by atoms with Crippen LogP contribution in [-0.2, 0) is 6.42 Å². The van der Waals surface area contributed by atoms with Crippen molar-refractivity contribution in [3.63, 3.8) is 0 Å². The molecule has 2 aromatic carbocycles. The predicted molar refractivity (Wildman–Crippen MR) is 133 cm³/mol. The van der Waals surface area contributed by atoms with Crippen LogP contribution in [0.4, 0.5) is 0 Å². The Morgan fingerprint density at radius 2 is 1.71 bits per heavy atom. The number of ether oxygens (including phenoxy) is 3. The molecule has 3 heterocycles. The summed E-state index contributed by atoms with van der Waals surface area (Å²) in [7, 11) is 4.56. The predicted octanol–water partition coefficient (Wildman–Crippen LogP) is 4.34. The van der Waals surface area contributed by atoms with Crippen LogP contribution in [0.3, 0.4) is 0 Å². The Kier molecular flexibility index (Phi) is 5.78. The molecule has 0 aliphatic heterocycles. The molecule has 0 saturated carbocycles. The van der Waals surface area contributed by atoms with E-state index in [0.717, 1.165) is 16.8 Å². The lowest BCUT2D eigenvalue weighted by Gasteiger charge is -2.15. The van der Waals surface area contributed by atoms with Crippen LogP contribution in [0.25, 0.3) is 33.5 Å². The highest BCUT2D eigenvalue weighted by Crippen LogP contribution is 2.39. The van der Waals surface area contributed by atoms with Gasteiger partial charge >= 0.3 is 0 Å². The van der Waals surface area contributed by atoms with Gasteiger partial charge in [0.05, 0.1) is 38.3 Å². The van der Waals surface area contributed by atoms with Crippen molar-refractivity contribution in [2.45, 2.75) is 13.3 Å². The van der Waals surface area contributed by atoms with Gasteiger partial charge in [-0.3, -0.25) is 9.36 Å². The van der Waals surface area contributed by atoms with Gasteiger partial charge in [0.2, 0.25) is 5.75 Å². The summed E-state index contributed by atoms with van der Waals surface area (Å²) < 4.78 is 19.4. The summed E-state index contributed by atoms with van der Waals surface area (Å²) in [5.41, 5.74) is 4.03. The summed E-state index contributed by atoms with van der Waals surface area (Å²) in [6.07, 6.45) is 2.34. The quantitative estimate of drug-likeness (QED) is 0.349. The number of halogens is 1. The number of pyridine rings is 1. The highest BCUT2D eigenvalue weighted by molar-refractivity contribution is 6.30. The second-order valence-electron chi connectivity index (χ2n) is 7.73. The topological polar surface area (TPSA) is 92.8 Å². The Morgan fingerprint density at radius 3 is 2.34 bits per heavy atom. The third kappa shape index (κ3) is 3.64. The number of aromatic nitrogens is 5. The van der Waals surface area contributed by atoms with E-state index in [9.17, 15) is 4.79 Å². The highest BCUT2D eigenvalue weighted by Gasteiger charge is 2.20.